The van der Waals surface area contributed by atoms with E-state index in [1.165, 1.54) is 4.90 Å². The highest BCUT2D eigenvalue weighted by Gasteiger charge is 2.08. The summed E-state index contributed by atoms with van der Waals surface area (Å²) >= 11 is 1.80. The molecule has 110 valence electrons. The number of carbonyl (C=O) groups is 1. The van der Waals surface area contributed by atoms with Crippen molar-refractivity contribution in [3.63, 3.8) is 0 Å². The largest absolute Gasteiger partial charge is 0.322 e. The second-order valence-electron chi connectivity index (χ2n) is 5.46. The zero-order valence-corrected chi connectivity index (χ0v) is 13.8. The molecule has 0 atom stereocenters. The molecule has 2 rings (SSSR count). The number of benzene rings is 2. The summed E-state index contributed by atoms with van der Waals surface area (Å²) in [4.78, 5) is 13.5. The summed E-state index contributed by atoms with van der Waals surface area (Å²) in [6, 6.07) is 13.8. The smallest absolute Gasteiger partial charge is 0.255 e. The van der Waals surface area contributed by atoms with E-state index in [1.807, 2.05) is 56.3 Å². The molecule has 0 spiro atoms. The first-order valence-corrected chi connectivity index (χ1v) is 7.99. The van der Waals surface area contributed by atoms with Crippen molar-refractivity contribution in [3.8, 4) is 0 Å². The first-order chi connectivity index (χ1) is 9.95. The Bertz CT molecular complexity index is 632. The van der Waals surface area contributed by atoms with Gasteiger partial charge in [-0.25, -0.2) is 0 Å². The van der Waals surface area contributed by atoms with E-state index < -0.39 is 0 Å². The molecule has 0 fully saturated rings. The molecule has 0 saturated heterocycles. The summed E-state index contributed by atoms with van der Waals surface area (Å²) in [5.74, 6) is -0.0650. The van der Waals surface area contributed by atoms with Crippen LogP contribution in [0.5, 0.6) is 0 Å². The fourth-order valence-corrected chi connectivity index (χ4v) is 2.86. The quantitative estimate of drug-likeness (QED) is 0.800. The van der Waals surface area contributed by atoms with Crippen molar-refractivity contribution in [1.29, 1.82) is 0 Å². The normalized spacial score (nSPS) is 10.7. The van der Waals surface area contributed by atoms with Gasteiger partial charge in [0, 0.05) is 21.4 Å². The van der Waals surface area contributed by atoms with Crippen LogP contribution < -0.4 is 5.32 Å². The summed E-state index contributed by atoms with van der Waals surface area (Å²) in [6.45, 7) is 8.34. The predicted molar refractivity (Wildman–Crippen MR) is 91.3 cm³/mol. The highest BCUT2D eigenvalue weighted by molar-refractivity contribution is 7.99. The maximum Gasteiger partial charge on any atom is 0.255 e. The number of aryl methyl sites for hydroxylation is 2. The summed E-state index contributed by atoms with van der Waals surface area (Å²) in [7, 11) is 0. The van der Waals surface area contributed by atoms with Crippen LogP contribution in [0.3, 0.4) is 0 Å². The Morgan fingerprint density at radius 1 is 1.05 bits per heavy atom. The highest BCUT2D eigenvalue weighted by Crippen LogP contribution is 2.23. The number of hydrogen-bond donors (Lipinski definition) is 1. The number of carbonyl (C=O) groups excluding carboxylic acids is 1. The van der Waals surface area contributed by atoms with Crippen LogP contribution in [0.25, 0.3) is 0 Å². The zero-order chi connectivity index (χ0) is 15.4. The van der Waals surface area contributed by atoms with Gasteiger partial charge in [0.05, 0.1) is 0 Å². The first-order valence-electron chi connectivity index (χ1n) is 7.11. The Hall–Kier alpha value is -1.74. The van der Waals surface area contributed by atoms with E-state index in [-0.39, 0.29) is 5.91 Å². The van der Waals surface area contributed by atoms with E-state index in [0.717, 1.165) is 16.8 Å². The average Bonchev–Trinajstić information content (AvgIpc) is 2.43. The molecule has 1 amide bonds. The van der Waals surface area contributed by atoms with E-state index in [4.69, 9.17) is 0 Å². The Labute approximate surface area is 131 Å². The number of rotatable bonds is 4. The van der Waals surface area contributed by atoms with Crippen molar-refractivity contribution in [1.82, 2.24) is 0 Å². The Balaban J connectivity index is 2.11. The first kappa shape index (κ1) is 15.6. The fourth-order valence-electron chi connectivity index (χ4n) is 2.02. The van der Waals surface area contributed by atoms with Gasteiger partial charge in [0.25, 0.3) is 5.91 Å². The van der Waals surface area contributed by atoms with Gasteiger partial charge in [-0.15, -0.1) is 11.8 Å². The molecular weight excluding hydrogens is 278 g/mol. The number of anilines is 1. The summed E-state index contributed by atoms with van der Waals surface area (Å²) < 4.78 is 0. The third-order valence-corrected chi connectivity index (χ3v) is 4.15. The maximum absolute atomic E-state index is 12.3. The molecule has 0 aromatic heterocycles. The molecule has 0 bridgehead atoms. The van der Waals surface area contributed by atoms with Crippen LogP contribution >= 0.6 is 11.8 Å². The van der Waals surface area contributed by atoms with Crippen molar-refractivity contribution in [2.24, 2.45) is 0 Å². The minimum absolute atomic E-state index is 0.0650. The lowest BCUT2D eigenvalue weighted by Gasteiger charge is -2.10. The van der Waals surface area contributed by atoms with Crippen LogP contribution in [-0.4, -0.2) is 11.2 Å². The van der Waals surface area contributed by atoms with Crippen molar-refractivity contribution < 1.29 is 4.79 Å². The van der Waals surface area contributed by atoms with Crippen LogP contribution in [0, 0.1) is 13.8 Å². The van der Waals surface area contributed by atoms with Gasteiger partial charge in [-0.2, -0.15) is 0 Å². The van der Waals surface area contributed by atoms with Crippen LogP contribution in [0.15, 0.2) is 47.4 Å². The second kappa shape index (κ2) is 6.81. The maximum atomic E-state index is 12.3. The Kier molecular flexibility index (Phi) is 5.07. The predicted octanol–water partition coefficient (Wildman–Crippen LogP) is 5.06. The number of nitrogens with one attached hydrogen (secondary N) is 1. The molecule has 0 aliphatic heterocycles. The topological polar surface area (TPSA) is 29.1 Å². The monoisotopic (exact) mass is 299 g/mol. The summed E-state index contributed by atoms with van der Waals surface area (Å²) in [5, 5.41) is 3.52. The molecule has 21 heavy (non-hydrogen) atoms. The molecule has 0 aliphatic rings. The van der Waals surface area contributed by atoms with Gasteiger partial charge in [-0.05, 0) is 55.3 Å². The van der Waals surface area contributed by atoms with Gasteiger partial charge in [0.1, 0.15) is 0 Å². The van der Waals surface area contributed by atoms with Crippen molar-refractivity contribution >= 4 is 23.4 Å². The van der Waals surface area contributed by atoms with Crippen LogP contribution in [0.2, 0.25) is 0 Å². The minimum atomic E-state index is -0.0650. The van der Waals surface area contributed by atoms with E-state index in [9.17, 15) is 4.79 Å². The van der Waals surface area contributed by atoms with Crippen molar-refractivity contribution in [3.05, 3.63) is 59.2 Å². The SMILES string of the molecule is Cc1ccc(C)c(NC(=O)c2ccc(SC(C)C)cc2)c1. The van der Waals surface area contributed by atoms with E-state index in [0.29, 0.717) is 10.8 Å². The molecule has 0 saturated carbocycles. The van der Waals surface area contributed by atoms with Crippen molar-refractivity contribution in [2.45, 2.75) is 37.8 Å². The molecule has 2 nitrogen and oxygen atoms in total. The van der Waals surface area contributed by atoms with Gasteiger partial charge in [-0.3, -0.25) is 4.79 Å². The minimum Gasteiger partial charge on any atom is -0.322 e. The second-order valence-corrected chi connectivity index (χ2v) is 7.11. The molecule has 0 unspecified atom stereocenters. The van der Waals surface area contributed by atoms with Crippen LogP contribution in [-0.2, 0) is 0 Å². The van der Waals surface area contributed by atoms with Crippen LogP contribution in [0.1, 0.15) is 35.3 Å². The van der Waals surface area contributed by atoms with Crippen molar-refractivity contribution in [2.75, 3.05) is 5.32 Å². The summed E-state index contributed by atoms with van der Waals surface area (Å²) in [6.07, 6.45) is 0. The molecule has 2 aromatic rings. The standard InChI is InChI=1S/C18H21NOS/c1-12(2)21-16-9-7-15(8-10-16)18(20)19-17-11-13(3)5-6-14(17)4/h5-12H,1-4H3,(H,19,20). The third-order valence-electron chi connectivity index (χ3n) is 3.13. The molecule has 3 heteroatoms. The van der Waals surface area contributed by atoms with E-state index in [2.05, 4.69) is 19.2 Å². The average molecular weight is 299 g/mol. The number of hydrogen-bond acceptors (Lipinski definition) is 2. The van der Waals surface area contributed by atoms with E-state index >= 15 is 0 Å². The number of thioether (sulfide) groups is 1. The van der Waals surface area contributed by atoms with Gasteiger partial charge in [0.15, 0.2) is 0 Å². The number of amides is 1. The van der Waals surface area contributed by atoms with Gasteiger partial charge in [0.2, 0.25) is 0 Å². The molecule has 0 radical (unpaired) electrons. The molecule has 1 N–H and O–H groups in total. The van der Waals surface area contributed by atoms with E-state index in [1.54, 1.807) is 11.8 Å². The van der Waals surface area contributed by atoms with Gasteiger partial charge >= 0.3 is 0 Å². The lowest BCUT2D eigenvalue weighted by atomic mass is 10.1. The lowest BCUT2D eigenvalue weighted by Crippen LogP contribution is -2.12. The fraction of sp³-hybridized carbons (Fsp3) is 0.278. The molecule has 0 aliphatic carbocycles. The Morgan fingerprint density at radius 3 is 2.33 bits per heavy atom. The van der Waals surface area contributed by atoms with Crippen LogP contribution in [0.4, 0.5) is 5.69 Å². The molecule has 0 heterocycles. The van der Waals surface area contributed by atoms with Gasteiger partial charge in [-0.1, -0.05) is 26.0 Å². The molecule has 2 aromatic carbocycles. The zero-order valence-electron chi connectivity index (χ0n) is 12.9. The lowest BCUT2D eigenvalue weighted by molar-refractivity contribution is 0.102. The Morgan fingerprint density at radius 2 is 1.71 bits per heavy atom. The summed E-state index contributed by atoms with van der Waals surface area (Å²) in [5.41, 5.74) is 3.77. The highest BCUT2D eigenvalue weighted by atomic mass is 32.2. The third kappa shape index (κ3) is 4.36. The van der Waals surface area contributed by atoms with Gasteiger partial charge < -0.3 is 5.32 Å². The molecular formula is C18H21NOS.